The van der Waals surface area contributed by atoms with E-state index in [1.165, 1.54) is 0 Å². The predicted molar refractivity (Wildman–Crippen MR) is 77.7 cm³/mol. The highest BCUT2D eigenvalue weighted by Gasteiger charge is 2.20. The van der Waals surface area contributed by atoms with Crippen LogP contribution in [0.15, 0.2) is 6.20 Å². The van der Waals surface area contributed by atoms with Gasteiger partial charge in [-0.05, 0) is 25.2 Å². The number of aliphatic hydroxyl groups is 1. The molecule has 0 spiro atoms. The average Bonchev–Trinajstić information content (AvgIpc) is 2.93. The molecule has 2 aromatic heterocycles. The molecule has 0 aromatic carbocycles. The molecule has 4 N–H and O–H groups in total. The molecule has 2 unspecified atom stereocenters. The number of nitrogens with zero attached hydrogens (tertiary/aromatic N) is 3. The fourth-order valence-electron chi connectivity index (χ4n) is 2.77. The second-order valence-corrected chi connectivity index (χ2v) is 5.35. The molecule has 0 radical (unpaired) electrons. The van der Waals surface area contributed by atoms with Crippen molar-refractivity contribution in [2.45, 2.75) is 31.8 Å². The van der Waals surface area contributed by atoms with Crippen LogP contribution < -0.4 is 10.6 Å². The maximum atomic E-state index is 9.72. The van der Waals surface area contributed by atoms with Crippen LogP contribution in [0.5, 0.6) is 0 Å². The van der Waals surface area contributed by atoms with Crippen LogP contribution in [0.2, 0.25) is 0 Å². The van der Waals surface area contributed by atoms with Crippen molar-refractivity contribution in [1.29, 1.82) is 0 Å². The van der Waals surface area contributed by atoms with E-state index < -0.39 is 0 Å². The van der Waals surface area contributed by atoms with Gasteiger partial charge in [-0.1, -0.05) is 6.42 Å². The Bertz CT molecular complexity index is 583. The predicted octanol–water partition coefficient (Wildman–Crippen LogP) is 1.36. The number of anilines is 2. The van der Waals surface area contributed by atoms with Crippen molar-refractivity contribution in [3.8, 4) is 0 Å². The van der Waals surface area contributed by atoms with Crippen LogP contribution in [-0.2, 0) is 0 Å². The van der Waals surface area contributed by atoms with Gasteiger partial charge in [0.1, 0.15) is 5.82 Å². The highest BCUT2D eigenvalue weighted by Crippen LogP contribution is 2.26. The van der Waals surface area contributed by atoms with Gasteiger partial charge in [0.25, 0.3) is 0 Å². The van der Waals surface area contributed by atoms with Gasteiger partial charge in [-0.2, -0.15) is 15.1 Å². The summed E-state index contributed by atoms with van der Waals surface area (Å²) in [6, 6.07) is 0. The Labute approximate surface area is 117 Å². The number of hydrogen-bond donors (Lipinski definition) is 4. The number of H-pyrrole nitrogens is 1. The zero-order valence-electron chi connectivity index (χ0n) is 11.6. The summed E-state index contributed by atoms with van der Waals surface area (Å²) in [4.78, 5) is 8.74. The molecule has 1 aliphatic rings. The quantitative estimate of drug-likeness (QED) is 0.673. The van der Waals surface area contributed by atoms with Crippen molar-refractivity contribution in [1.82, 2.24) is 20.2 Å². The van der Waals surface area contributed by atoms with Crippen molar-refractivity contribution < 1.29 is 5.11 Å². The van der Waals surface area contributed by atoms with Crippen LogP contribution in [0.25, 0.3) is 11.0 Å². The van der Waals surface area contributed by atoms with Crippen molar-refractivity contribution in [2.24, 2.45) is 5.92 Å². The number of aromatic amines is 1. The van der Waals surface area contributed by atoms with Crippen molar-refractivity contribution >= 4 is 22.8 Å². The van der Waals surface area contributed by atoms with Crippen LogP contribution in [0.1, 0.15) is 25.7 Å². The minimum Gasteiger partial charge on any atom is -0.393 e. The molecule has 0 amide bonds. The van der Waals surface area contributed by atoms with Crippen molar-refractivity contribution in [3.05, 3.63) is 6.20 Å². The summed E-state index contributed by atoms with van der Waals surface area (Å²) >= 11 is 0. The van der Waals surface area contributed by atoms with E-state index in [0.29, 0.717) is 11.9 Å². The minimum atomic E-state index is -0.150. The lowest BCUT2D eigenvalue weighted by atomic mass is 9.87. The Hall–Kier alpha value is -1.89. The molecule has 20 heavy (non-hydrogen) atoms. The maximum absolute atomic E-state index is 9.72. The normalized spacial score (nSPS) is 22.9. The molecule has 1 fully saturated rings. The number of aromatic nitrogens is 4. The first-order valence-corrected chi connectivity index (χ1v) is 7.07. The van der Waals surface area contributed by atoms with Gasteiger partial charge in [-0.15, -0.1) is 0 Å². The zero-order valence-corrected chi connectivity index (χ0v) is 11.6. The molecule has 0 bridgehead atoms. The Balaban J connectivity index is 1.74. The van der Waals surface area contributed by atoms with Crippen molar-refractivity contribution in [3.63, 3.8) is 0 Å². The Morgan fingerprint density at radius 3 is 3.10 bits per heavy atom. The number of hydrogen-bond acceptors (Lipinski definition) is 6. The van der Waals surface area contributed by atoms with Gasteiger partial charge in [0.15, 0.2) is 5.65 Å². The fraction of sp³-hybridized carbons (Fsp3) is 0.615. The number of aliphatic hydroxyl groups excluding tert-OH is 1. The zero-order chi connectivity index (χ0) is 13.9. The highest BCUT2D eigenvalue weighted by atomic mass is 16.3. The number of rotatable bonds is 4. The highest BCUT2D eigenvalue weighted by molar-refractivity contribution is 5.86. The van der Waals surface area contributed by atoms with Crippen LogP contribution in [0.3, 0.4) is 0 Å². The molecular weight excluding hydrogens is 256 g/mol. The topological polar surface area (TPSA) is 98.8 Å². The van der Waals surface area contributed by atoms with E-state index in [9.17, 15) is 5.11 Å². The minimum absolute atomic E-state index is 0.150. The molecule has 7 heteroatoms. The van der Waals surface area contributed by atoms with E-state index in [-0.39, 0.29) is 6.10 Å². The Morgan fingerprint density at radius 1 is 1.40 bits per heavy atom. The third-order valence-corrected chi connectivity index (χ3v) is 3.85. The van der Waals surface area contributed by atoms with Gasteiger partial charge in [-0.3, -0.25) is 5.10 Å². The smallest absolute Gasteiger partial charge is 0.226 e. The molecule has 1 saturated carbocycles. The second-order valence-electron chi connectivity index (χ2n) is 5.35. The third kappa shape index (κ3) is 2.67. The monoisotopic (exact) mass is 276 g/mol. The summed E-state index contributed by atoms with van der Waals surface area (Å²) in [5.74, 6) is 1.84. The van der Waals surface area contributed by atoms with Crippen LogP contribution >= 0.6 is 0 Å². The molecule has 2 aromatic rings. The van der Waals surface area contributed by atoms with E-state index in [1.807, 2.05) is 0 Å². The van der Waals surface area contributed by atoms with Gasteiger partial charge in [0.05, 0.1) is 17.7 Å². The van der Waals surface area contributed by atoms with E-state index in [2.05, 4.69) is 30.8 Å². The summed E-state index contributed by atoms with van der Waals surface area (Å²) in [6.07, 6.45) is 5.63. The Morgan fingerprint density at radius 2 is 2.30 bits per heavy atom. The Kier molecular flexibility index (Phi) is 3.68. The summed E-state index contributed by atoms with van der Waals surface area (Å²) in [7, 11) is 1.79. The van der Waals surface area contributed by atoms with E-state index in [1.54, 1.807) is 13.2 Å². The number of nitrogens with one attached hydrogen (secondary N) is 3. The van der Waals surface area contributed by atoms with Gasteiger partial charge in [0.2, 0.25) is 5.95 Å². The first-order valence-electron chi connectivity index (χ1n) is 7.07. The maximum Gasteiger partial charge on any atom is 0.226 e. The van der Waals surface area contributed by atoms with Crippen LogP contribution in [-0.4, -0.2) is 45.0 Å². The van der Waals surface area contributed by atoms with E-state index in [0.717, 1.165) is 49.1 Å². The largest absolute Gasteiger partial charge is 0.393 e. The average molecular weight is 276 g/mol. The first-order chi connectivity index (χ1) is 9.76. The summed E-state index contributed by atoms with van der Waals surface area (Å²) in [5, 5.41) is 23.8. The van der Waals surface area contributed by atoms with E-state index in [4.69, 9.17) is 0 Å². The van der Waals surface area contributed by atoms with Gasteiger partial charge >= 0.3 is 0 Å². The lowest BCUT2D eigenvalue weighted by Crippen LogP contribution is -2.25. The molecule has 0 saturated heterocycles. The first kappa shape index (κ1) is 13.1. The second kappa shape index (κ2) is 5.62. The SMILES string of the molecule is CNc1nc(NCC2CCCC(O)C2)c2cn[nH]c2n1. The van der Waals surface area contributed by atoms with E-state index >= 15 is 0 Å². The molecule has 2 heterocycles. The van der Waals surface area contributed by atoms with Gasteiger partial charge < -0.3 is 15.7 Å². The molecular formula is C13H20N6O. The molecule has 1 aliphatic carbocycles. The molecule has 2 atom stereocenters. The summed E-state index contributed by atoms with van der Waals surface area (Å²) in [6.45, 7) is 0.817. The van der Waals surface area contributed by atoms with Crippen molar-refractivity contribution in [2.75, 3.05) is 24.2 Å². The van der Waals surface area contributed by atoms with Gasteiger partial charge in [0, 0.05) is 13.6 Å². The third-order valence-electron chi connectivity index (χ3n) is 3.85. The molecule has 7 nitrogen and oxygen atoms in total. The standard InChI is InChI=1S/C13H20N6O/c1-14-13-17-11(10-7-16-19-12(10)18-13)15-6-8-3-2-4-9(20)5-8/h7-9,20H,2-6H2,1H3,(H3,14,15,16,17,18,19). The summed E-state index contributed by atoms with van der Waals surface area (Å²) in [5.41, 5.74) is 0.718. The number of fused-ring (bicyclic) bond motifs is 1. The fourth-order valence-corrected chi connectivity index (χ4v) is 2.77. The molecule has 3 rings (SSSR count). The molecule has 0 aliphatic heterocycles. The lowest BCUT2D eigenvalue weighted by molar-refractivity contribution is 0.104. The summed E-state index contributed by atoms with van der Waals surface area (Å²) < 4.78 is 0. The lowest BCUT2D eigenvalue weighted by Gasteiger charge is -2.26. The van der Waals surface area contributed by atoms with Gasteiger partial charge in [-0.25, -0.2) is 0 Å². The molecule has 108 valence electrons. The van der Waals surface area contributed by atoms with Crippen LogP contribution in [0.4, 0.5) is 11.8 Å². The van der Waals surface area contributed by atoms with Crippen LogP contribution in [0, 0.1) is 5.92 Å².